The molecule has 0 unspecified atom stereocenters. The molecule has 0 atom stereocenters. The first-order chi connectivity index (χ1) is 12.0. The highest BCUT2D eigenvalue weighted by molar-refractivity contribution is 5.94. The lowest BCUT2D eigenvalue weighted by Crippen LogP contribution is -2.38. The number of nitrogens with zero attached hydrogens (tertiary/aromatic N) is 1. The second-order valence-electron chi connectivity index (χ2n) is 6.18. The molecule has 0 bridgehead atoms. The first kappa shape index (κ1) is 17.3. The van der Waals surface area contributed by atoms with Gasteiger partial charge in [0.1, 0.15) is 17.3 Å². The molecule has 0 radical (unpaired) electrons. The summed E-state index contributed by atoms with van der Waals surface area (Å²) < 4.78 is 36.8. The van der Waals surface area contributed by atoms with E-state index in [-0.39, 0.29) is 11.7 Å². The Morgan fingerprint density at radius 3 is 2.52 bits per heavy atom. The smallest absolute Gasteiger partial charge is 0.231 e. The van der Waals surface area contributed by atoms with Gasteiger partial charge in [-0.25, -0.2) is 13.8 Å². The number of anilines is 1. The quantitative estimate of drug-likeness (QED) is 0.910. The Bertz CT molecular complexity index is 759. The number of amides is 1. The van der Waals surface area contributed by atoms with Crippen LogP contribution in [0.15, 0.2) is 36.5 Å². The summed E-state index contributed by atoms with van der Waals surface area (Å²) in [6.07, 6.45) is 2.73. The van der Waals surface area contributed by atoms with Crippen molar-refractivity contribution in [2.24, 2.45) is 5.41 Å². The summed E-state index contributed by atoms with van der Waals surface area (Å²) in [5.41, 5.74) is -0.471. The molecular weight excluding hydrogens is 330 g/mol. The van der Waals surface area contributed by atoms with Crippen LogP contribution in [0.25, 0.3) is 0 Å². The fourth-order valence-corrected chi connectivity index (χ4v) is 2.51. The van der Waals surface area contributed by atoms with Gasteiger partial charge in [-0.3, -0.25) is 4.79 Å². The van der Waals surface area contributed by atoms with Crippen molar-refractivity contribution >= 4 is 11.7 Å². The van der Waals surface area contributed by atoms with Crippen molar-refractivity contribution in [2.45, 2.75) is 19.8 Å². The van der Waals surface area contributed by atoms with Gasteiger partial charge in [0.25, 0.3) is 0 Å². The van der Waals surface area contributed by atoms with Gasteiger partial charge in [-0.05, 0) is 37.1 Å². The van der Waals surface area contributed by atoms with Crippen molar-refractivity contribution in [2.75, 3.05) is 18.5 Å². The molecule has 0 aliphatic carbocycles. The molecule has 0 spiro atoms. The Balaban J connectivity index is 1.63. The molecule has 1 aromatic heterocycles. The van der Waals surface area contributed by atoms with Gasteiger partial charge < -0.3 is 14.8 Å². The zero-order chi connectivity index (χ0) is 17.9. The maximum atomic E-state index is 13.2. The molecule has 3 rings (SSSR count). The average Bonchev–Trinajstić information content (AvgIpc) is 2.60. The van der Waals surface area contributed by atoms with Crippen LogP contribution in [0.1, 0.15) is 19.8 Å². The summed E-state index contributed by atoms with van der Waals surface area (Å²) in [6, 6.07) is 6.45. The minimum Gasteiger partial charge on any atom is -0.456 e. The summed E-state index contributed by atoms with van der Waals surface area (Å²) in [6.45, 7) is 3.04. The topological polar surface area (TPSA) is 60.5 Å². The number of pyridine rings is 1. The zero-order valence-electron chi connectivity index (χ0n) is 13.7. The van der Waals surface area contributed by atoms with Crippen molar-refractivity contribution in [3.8, 4) is 11.5 Å². The maximum Gasteiger partial charge on any atom is 0.231 e. The van der Waals surface area contributed by atoms with Crippen LogP contribution in [-0.4, -0.2) is 24.1 Å². The molecule has 7 heteroatoms. The minimum absolute atomic E-state index is 0.0995. The number of rotatable bonds is 4. The van der Waals surface area contributed by atoms with E-state index in [2.05, 4.69) is 10.3 Å². The summed E-state index contributed by atoms with van der Waals surface area (Å²) in [5.74, 6) is -1.12. The number of ether oxygens (including phenoxy) is 2. The minimum atomic E-state index is -0.987. The average molecular weight is 348 g/mol. The van der Waals surface area contributed by atoms with Crippen molar-refractivity contribution in [1.29, 1.82) is 0 Å². The number of nitrogens with one attached hydrogen (secondary N) is 1. The van der Waals surface area contributed by atoms with Gasteiger partial charge in [-0.2, -0.15) is 0 Å². The van der Waals surface area contributed by atoms with E-state index in [9.17, 15) is 13.6 Å². The number of benzene rings is 1. The van der Waals surface area contributed by atoms with Crippen molar-refractivity contribution in [3.63, 3.8) is 0 Å². The summed E-state index contributed by atoms with van der Waals surface area (Å²) >= 11 is 0. The lowest BCUT2D eigenvalue weighted by atomic mass is 9.81. The van der Waals surface area contributed by atoms with Gasteiger partial charge in [0.2, 0.25) is 5.91 Å². The Morgan fingerprint density at radius 2 is 1.88 bits per heavy atom. The predicted octanol–water partition coefficient (Wildman–Crippen LogP) is 3.91. The third kappa shape index (κ3) is 4.11. The third-order valence-corrected chi connectivity index (χ3v) is 4.25. The molecule has 1 saturated heterocycles. The standard InChI is InChI=1S/C18H18F2N2O3/c1-18(6-8-24-9-7-18)17(23)22-16-5-3-13(11-21-16)25-12-2-4-14(19)15(20)10-12/h2-5,10-11H,6-9H2,1H3,(H,21,22,23). The molecule has 1 amide bonds. The molecule has 1 fully saturated rings. The Hall–Kier alpha value is -2.54. The van der Waals surface area contributed by atoms with E-state index in [0.717, 1.165) is 12.1 Å². The number of carbonyl (C=O) groups excluding carboxylic acids is 1. The molecule has 5 nitrogen and oxygen atoms in total. The van der Waals surface area contributed by atoms with Crippen molar-refractivity contribution in [1.82, 2.24) is 4.98 Å². The highest BCUT2D eigenvalue weighted by Gasteiger charge is 2.35. The molecule has 1 aromatic carbocycles. The fraction of sp³-hybridized carbons (Fsp3) is 0.333. The van der Waals surface area contributed by atoms with Crippen LogP contribution in [-0.2, 0) is 9.53 Å². The van der Waals surface area contributed by atoms with E-state index >= 15 is 0 Å². The maximum absolute atomic E-state index is 13.2. The van der Waals surface area contributed by atoms with Gasteiger partial charge in [0.05, 0.1) is 11.6 Å². The third-order valence-electron chi connectivity index (χ3n) is 4.25. The first-order valence-corrected chi connectivity index (χ1v) is 7.94. The Morgan fingerprint density at radius 1 is 1.16 bits per heavy atom. The van der Waals surface area contributed by atoms with E-state index in [1.165, 1.54) is 12.3 Å². The highest BCUT2D eigenvalue weighted by atomic mass is 19.2. The van der Waals surface area contributed by atoms with E-state index in [1.54, 1.807) is 12.1 Å². The van der Waals surface area contributed by atoms with Gasteiger partial charge in [0, 0.05) is 19.3 Å². The molecule has 2 aromatic rings. The largest absolute Gasteiger partial charge is 0.456 e. The lowest BCUT2D eigenvalue weighted by molar-refractivity contribution is -0.129. The molecule has 1 aliphatic rings. The highest BCUT2D eigenvalue weighted by Crippen LogP contribution is 2.31. The molecule has 1 aliphatic heterocycles. The van der Waals surface area contributed by atoms with E-state index in [4.69, 9.17) is 9.47 Å². The van der Waals surface area contributed by atoms with Gasteiger partial charge in [-0.1, -0.05) is 6.92 Å². The van der Waals surface area contributed by atoms with Crippen LogP contribution in [0.3, 0.4) is 0 Å². The van der Waals surface area contributed by atoms with Crippen LogP contribution in [0.4, 0.5) is 14.6 Å². The number of halogens is 2. The normalized spacial score (nSPS) is 16.3. The van der Waals surface area contributed by atoms with E-state index in [1.807, 2.05) is 6.92 Å². The Labute approximate surface area is 144 Å². The van der Waals surface area contributed by atoms with E-state index < -0.39 is 17.0 Å². The number of aromatic nitrogens is 1. The monoisotopic (exact) mass is 348 g/mol. The number of hydrogen-bond donors (Lipinski definition) is 1. The summed E-state index contributed by atoms with van der Waals surface area (Å²) in [5, 5.41) is 2.79. The SMILES string of the molecule is CC1(C(=O)Nc2ccc(Oc3ccc(F)c(F)c3)cn2)CCOCC1. The molecule has 25 heavy (non-hydrogen) atoms. The second-order valence-corrected chi connectivity index (χ2v) is 6.18. The van der Waals surface area contributed by atoms with Crippen LogP contribution < -0.4 is 10.1 Å². The number of carbonyl (C=O) groups is 1. The van der Waals surface area contributed by atoms with Crippen LogP contribution in [0, 0.1) is 17.0 Å². The summed E-state index contributed by atoms with van der Waals surface area (Å²) in [4.78, 5) is 16.5. The van der Waals surface area contributed by atoms with Crippen LogP contribution in [0.5, 0.6) is 11.5 Å². The number of hydrogen-bond acceptors (Lipinski definition) is 4. The van der Waals surface area contributed by atoms with Gasteiger partial charge in [-0.15, -0.1) is 0 Å². The molecule has 0 saturated carbocycles. The van der Waals surface area contributed by atoms with Crippen molar-refractivity contribution in [3.05, 3.63) is 48.2 Å². The molecule has 1 N–H and O–H groups in total. The van der Waals surface area contributed by atoms with Crippen molar-refractivity contribution < 1.29 is 23.0 Å². The fourth-order valence-electron chi connectivity index (χ4n) is 2.51. The Kier molecular flexibility index (Phi) is 4.94. The zero-order valence-corrected chi connectivity index (χ0v) is 13.7. The van der Waals surface area contributed by atoms with Gasteiger partial charge in [0.15, 0.2) is 11.6 Å². The van der Waals surface area contributed by atoms with E-state index in [0.29, 0.717) is 37.6 Å². The van der Waals surface area contributed by atoms with Crippen LogP contribution >= 0.6 is 0 Å². The second kappa shape index (κ2) is 7.14. The molecule has 132 valence electrons. The molecule has 2 heterocycles. The first-order valence-electron chi connectivity index (χ1n) is 7.94. The molecular formula is C18H18F2N2O3. The lowest BCUT2D eigenvalue weighted by Gasteiger charge is -2.31. The predicted molar refractivity (Wildman–Crippen MR) is 87.5 cm³/mol. The summed E-state index contributed by atoms with van der Waals surface area (Å²) in [7, 11) is 0. The van der Waals surface area contributed by atoms with Gasteiger partial charge >= 0.3 is 0 Å². The van der Waals surface area contributed by atoms with Crippen LogP contribution in [0.2, 0.25) is 0 Å².